The Balaban J connectivity index is 2.44. The maximum atomic E-state index is 9.94. The standard InChI is InChI=1S/C13H15Cl2NO/c1-2-3-4-7-16-9-13(17)11-8-10(14)5-6-12(11)15/h1,5-6,8,13,16-17H,3-4,7,9H2. The van der Waals surface area contributed by atoms with Gasteiger partial charge < -0.3 is 10.4 Å². The molecule has 2 nitrogen and oxygen atoms in total. The number of halogens is 2. The molecule has 4 heteroatoms. The van der Waals surface area contributed by atoms with Crippen LogP contribution in [0.1, 0.15) is 24.5 Å². The third-order valence-electron chi connectivity index (χ3n) is 2.33. The van der Waals surface area contributed by atoms with E-state index in [9.17, 15) is 5.11 Å². The lowest BCUT2D eigenvalue weighted by Gasteiger charge is -2.13. The second-order valence-electron chi connectivity index (χ2n) is 3.69. The van der Waals surface area contributed by atoms with Gasteiger partial charge in [-0.15, -0.1) is 12.3 Å². The van der Waals surface area contributed by atoms with Gasteiger partial charge in [0.25, 0.3) is 0 Å². The number of nitrogens with one attached hydrogen (secondary N) is 1. The Kier molecular flexibility index (Phi) is 6.39. The van der Waals surface area contributed by atoms with Gasteiger partial charge in [-0.2, -0.15) is 0 Å². The molecule has 0 bridgehead atoms. The van der Waals surface area contributed by atoms with Gasteiger partial charge in [0, 0.05) is 28.6 Å². The van der Waals surface area contributed by atoms with Gasteiger partial charge in [0.05, 0.1) is 6.10 Å². The number of hydrogen-bond acceptors (Lipinski definition) is 2. The van der Waals surface area contributed by atoms with E-state index in [4.69, 9.17) is 29.6 Å². The molecule has 17 heavy (non-hydrogen) atoms. The van der Waals surface area contributed by atoms with E-state index < -0.39 is 6.10 Å². The molecular weight excluding hydrogens is 257 g/mol. The minimum atomic E-state index is -0.660. The Hall–Kier alpha value is -0.720. The van der Waals surface area contributed by atoms with E-state index in [1.165, 1.54) is 0 Å². The van der Waals surface area contributed by atoms with Gasteiger partial charge in [-0.3, -0.25) is 0 Å². The predicted octanol–water partition coefficient (Wildman–Crippen LogP) is 3.03. The third-order valence-corrected chi connectivity index (χ3v) is 2.91. The molecular formula is C13H15Cl2NO. The van der Waals surface area contributed by atoms with Crippen molar-refractivity contribution in [3.8, 4) is 12.3 Å². The summed E-state index contributed by atoms with van der Waals surface area (Å²) in [5.74, 6) is 2.56. The first kappa shape index (κ1) is 14.3. The lowest BCUT2D eigenvalue weighted by Crippen LogP contribution is -2.22. The smallest absolute Gasteiger partial charge is 0.0929 e. The van der Waals surface area contributed by atoms with Gasteiger partial charge >= 0.3 is 0 Å². The van der Waals surface area contributed by atoms with Crippen LogP contribution in [0.25, 0.3) is 0 Å². The molecule has 1 atom stereocenters. The van der Waals surface area contributed by atoms with Crippen molar-refractivity contribution in [2.75, 3.05) is 13.1 Å². The number of aliphatic hydroxyl groups is 1. The molecule has 1 unspecified atom stereocenters. The molecule has 0 fully saturated rings. The van der Waals surface area contributed by atoms with Crippen LogP contribution < -0.4 is 5.32 Å². The number of aliphatic hydroxyl groups excluding tert-OH is 1. The van der Waals surface area contributed by atoms with E-state index in [1.807, 2.05) is 0 Å². The molecule has 1 aromatic rings. The van der Waals surface area contributed by atoms with Crippen molar-refractivity contribution >= 4 is 23.2 Å². The van der Waals surface area contributed by atoms with E-state index >= 15 is 0 Å². The zero-order valence-corrected chi connectivity index (χ0v) is 10.9. The molecule has 0 aliphatic heterocycles. The quantitative estimate of drug-likeness (QED) is 0.616. The number of terminal acetylenes is 1. The van der Waals surface area contributed by atoms with Crippen LogP contribution in [0.3, 0.4) is 0 Å². The van der Waals surface area contributed by atoms with Crippen LogP contribution in [0, 0.1) is 12.3 Å². The number of hydrogen-bond donors (Lipinski definition) is 2. The van der Waals surface area contributed by atoms with Gasteiger partial charge in [-0.1, -0.05) is 23.2 Å². The molecule has 0 amide bonds. The fourth-order valence-corrected chi connectivity index (χ4v) is 1.86. The number of unbranched alkanes of at least 4 members (excludes halogenated alkanes) is 1. The lowest BCUT2D eigenvalue weighted by atomic mass is 10.1. The molecule has 0 heterocycles. The summed E-state index contributed by atoms with van der Waals surface area (Å²) in [5.41, 5.74) is 0.642. The highest BCUT2D eigenvalue weighted by atomic mass is 35.5. The second-order valence-corrected chi connectivity index (χ2v) is 4.54. The molecule has 0 saturated heterocycles. The highest BCUT2D eigenvalue weighted by Crippen LogP contribution is 2.25. The summed E-state index contributed by atoms with van der Waals surface area (Å²) in [7, 11) is 0. The summed E-state index contributed by atoms with van der Waals surface area (Å²) in [5, 5.41) is 14.1. The highest BCUT2D eigenvalue weighted by molar-refractivity contribution is 6.33. The molecule has 0 spiro atoms. The van der Waals surface area contributed by atoms with E-state index in [2.05, 4.69) is 11.2 Å². The van der Waals surface area contributed by atoms with Crippen LogP contribution in [0.5, 0.6) is 0 Å². The maximum absolute atomic E-state index is 9.94. The first-order chi connectivity index (χ1) is 8.15. The molecule has 1 aromatic carbocycles. The average molecular weight is 272 g/mol. The third kappa shape index (κ3) is 4.97. The Morgan fingerprint density at radius 2 is 2.18 bits per heavy atom. The monoisotopic (exact) mass is 271 g/mol. The van der Waals surface area contributed by atoms with Crippen molar-refractivity contribution in [3.05, 3.63) is 33.8 Å². The highest BCUT2D eigenvalue weighted by Gasteiger charge is 2.11. The Morgan fingerprint density at radius 1 is 1.41 bits per heavy atom. The predicted molar refractivity (Wildman–Crippen MR) is 72.4 cm³/mol. The fraction of sp³-hybridized carbons (Fsp3) is 0.385. The van der Waals surface area contributed by atoms with Gasteiger partial charge in [0.1, 0.15) is 0 Å². The molecule has 92 valence electrons. The van der Waals surface area contributed by atoms with Crippen molar-refractivity contribution in [1.82, 2.24) is 5.32 Å². The van der Waals surface area contributed by atoms with Crippen molar-refractivity contribution in [2.24, 2.45) is 0 Å². The van der Waals surface area contributed by atoms with Gasteiger partial charge in [-0.05, 0) is 31.2 Å². The molecule has 2 N–H and O–H groups in total. The number of rotatable bonds is 6. The minimum absolute atomic E-state index is 0.435. The molecule has 0 aromatic heterocycles. The van der Waals surface area contributed by atoms with Crippen LogP contribution >= 0.6 is 23.2 Å². The van der Waals surface area contributed by atoms with E-state index in [1.54, 1.807) is 18.2 Å². The Morgan fingerprint density at radius 3 is 2.88 bits per heavy atom. The van der Waals surface area contributed by atoms with Crippen LogP contribution in [-0.2, 0) is 0 Å². The molecule has 0 aliphatic rings. The molecule has 0 aliphatic carbocycles. The molecule has 0 saturated carbocycles. The summed E-state index contributed by atoms with van der Waals surface area (Å²) in [6.07, 6.45) is 6.11. The van der Waals surface area contributed by atoms with Crippen LogP contribution in [0.4, 0.5) is 0 Å². The van der Waals surface area contributed by atoms with Gasteiger partial charge in [0.15, 0.2) is 0 Å². The van der Waals surface area contributed by atoms with Crippen LogP contribution in [0.2, 0.25) is 10.0 Å². The maximum Gasteiger partial charge on any atom is 0.0929 e. The van der Waals surface area contributed by atoms with Crippen molar-refractivity contribution in [2.45, 2.75) is 18.9 Å². The molecule has 0 radical (unpaired) electrons. The SMILES string of the molecule is C#CCCCNCC(O)c1cc(Cl)ccc1Cl. The summed E-state index contributed by atoms with van der Waals surface area (Å²) in [6, 6.07) is 5.05. The summed E-state index contributed by atoms with van der Waals surface area (Å²) in [6.45, 7) is 1.21. The fourth-order valence-electron chi connectivity index (χ4n) is 1.43. The zero-order chi connectivity index (χ0) is 12.7. The average Bonchev–Trinajstić information content (AvgIpc) is 2.32. The first-order valence-corrected chi connectivity index (χ1v) is 6.18. The summed E-state index contributed by atoms with van der Waals surface area (Å²) >= 11 is 11.8. The molecule has 1 rings (SSSR count). The van der Waals surface area contributed by atoms with E-state index in [-0.39, 0.29) is 0 Å². The van der Waals surface area contributed by atoms with Crippen LogP contribution in [-0.4, -0.2) is 18.2 Å². The summed E-state index contributed by atoms with van der Waals surface area (Å²) < 4.78 is 0. The van der Waals surface area contributed by atoms with E-state index in [0.29, 0.717) is 22.2 Å². The van der Waals surface area contributed by atoms with Crippen LogP contribution in [0.15, 0.2) is 18.2 Å². The van der Waals surface area contributed by atoms with Crippen molar-refractivity contribution in [3.63, 3.8) is 0 Å². The van der Waals surface area contributed by atoms with Gasteiger partial charge in [0.2, 0.25) is 0 Å². The topological polar surface area (TPSA) is 32.3 Å². The second kappa shape index (κ2) is 7.58. The lowest BCUT2D eigenvalue weighted by molar-refractivity contribution is 0.175. The number of benzene rings is 1. The first-order valence-electron chi connectivity index (χ1n) is 5.42. The normalized spacial score (nSPS) is 12.1. The Bertz CT molecular complexity index is 401. The minimum Gasteiger partial charge on any atom is -0.387 e. The van der Waals surface area contributed by atoms with E-state index in [0.717, 1.165) is 19.4 Å². The Labute approximate surface area is 112 Å². The van der Waals surface area contributed by atoms with Crippen molar-refractivity contribution in [1.29, 1.82) is 0 Å². The largest absolute Gasteiger partial charge is 0.387 e. The summed E-state index contributed by atoms with van der Waals surface area (Å²) in [4.78, 5) is 0. The van der Waals surface area contributed by atoms with Gasteiger partial charge in [-0.25, -0.2) is 0 Å². The van der Waals surface area contributed by atoms with Crippen molar-refractivity contribution < 1.29 is 5.11 Å². The zero-order valence-electron chi connectivity index (χ0n) is 9.42.